The van der Waals surface area contributed by atoms with Crippen LogP contribution in [0.5, 0.6) is 0 Å². The van der Waals surface area contributed by atoms with Gasteiger partial charge >= 0.3 is 5.97 Å². The predicted octanol–water partition coefficient (Wildman–Crippen LogP) is 8.86. The lowest BCUT2D eigenvalue weighted by Crippen LogP contribution is -2.70. The van der Waals surface area contributed by atoms with Crippen molar-refractivity contribution in [2.24, 2.45) is 27.6 Å². The summed E-state index contributed by atoms with van der Waals surface area (Å²) in [6.07, 6.45) is 9.71. The van der Waals surface area contributed by atoms with Gasteiger partial charge in [-0.1, -0.05) is 43.7 Å². The van der Waals surface area contributed by atoms with E-state index in [1.54, 1.807) is 38.5 Å². The second kappa shape index (κ2) is 15.1. The monoisotopic (exact) mass is 855 g/mol. The number of furan rings is 1. The lowest BCUT2D eigenvalue weighted by Gasteiger charge is -2.64. The van der Waals surface area contributed by atoms with Gasteiger partial charge in [-0.3, -0.25) is 19.2 Å². The minimum absolute atomic E-state index is 0.0414. The maximum absolute atomic E-state index is 14.3. The zero-order valence-electron chi connectivity index (χ0n) is 35.6. The normalized spacial score (nSPS) is 34.3. The lowest BCUT2D eigenvalue weighted by molar-refractivity contribution is -0.200. The molecule has 10 nitrogen and oxygen atoms in total. The van der Waals surface area contributed by atoms with Gasteiger partial charge in [-0.2, -0.15) is 0 Å². The Kier molecular flexibility index (Phi) is 10.7. The first-order valence-corrected chi connectivity index (χ1v) is 21.7. The summed E-state index contributed by atoms with van der Waals surface area (Å²) in [4.78, 5) is 54.0. The average Bonchev–Trinajstić information content (AvgIpc) is 3.57. The van der Waals surface area contributed by atoms with Crippen molar-refractivity contribution >= 4 is 34.9 Å². The third-order valence-electron chi connectivity index (χ3n) is 15.5. The van der Waals surface area contributed by atoms with Crippen molar-refractivity contribution < 1.29 is 47.7 Å². The maximum Gasteiger partial charge on any atom is 0.302 e. The molecule has 3 heterocycles. The van der Waals surface area contributed by atoms with Crippen molar-refractivity contribution in [1.82, 2.24) is 4.90 Å². The van der Waals surface area contributed by atoms with E-state index in [0.717, 1.165) is 37.2 Å². The number of aliphatic hydroxyl groups is 2. The number of Topliss-reactive ketones (excluding diaryl/α,β-unsaturated/α-hetero) is 2. The third kappa shape index (κ3) is 6.68. The minimum atomic E-state index is -1.17. The van der Waals surface area contributed by atoms with E-state index in [0.29, 0.717) is 48.3 Å². The van der Waals surface area contributed by atoms with Crippen LogP contribution >= 0.6 is 11.6 Å². The standard InChI is InChI=1S/C28H32O7.C21H23ClFNO2/c1-14(29)34-17-12-26(5)16(15-8-10-33-13-15)11-19-28(26,35-19)27(6)21(17)25(4)9-7-18(30)24(2,3)22(25)20(31)23(27)32;22-18-7-5-17(6-8-18)21(26)11-14-24(15-12-21)13-1-2-20(25)16-3-9-19(23)10-4-16/h7-10,13,16-17,19,21,31H,11-12H2,1-6H3;3-10,26H,1-2,11-15H2. The highest BCUT2D eigenvalue weighted by Gasteiger charge is 2.89. The van der Waals surface area contributed by atoms with Crippen LogP contribution in [0, 0.1) is 33.4 Å². The fourth-order valence-electron chi connectivity index (χ4n) is 12.7. The van der Waals surface area contributed by atoms with Crippen LogP contribution < -0.4 is 0 Å². The van der Waals surface area contributed by atoms with Crippen molar-refractivity contribution in [3.05, 3.63) is 118 Å². The SMILES string of the molecule is CC(=O)OC1CC2(C)C(c3ccoc3)CC3OC32C2(C)C(=O)C(O)=C3C(C)(C)C(=O)C=CC3(C)C12.O=C(CCCN1CCC(O)(c2ccc(Cl)cc2)CC1)c1ccc(F)cc1. The topological polar surface area (TPSA) is 147 Å². The Morgan fingerprint density at radius 1 is 0.984 bits per heavy atom. The van der Waals surface area contributed by atoms with Gasteiger partial charge in [0.05, 0.1) is 35.1 Å². The van der Waals surface area contributed by atoms with Crippen molar-refractivity contribution in [1.29, 1.82) is 0 Å². The Morgan fingerprint density at radius 2 is 1.66 bits per heavy atom. The van der Waals surface area contributed by atoms with E-state index in [2.05, 4.69) is 11.8 Å². The summed E-state index contributed by atoms with van der Waals surface area (Å²) >= 11 is 5.92. The minimum Gasteiger partial charge on any atom is -0.504 e. The quantitative estimate of drug-likeness (QED) is 0.128. The molecular weight excluding hydrogens is 801 g/mol. The van der Waals surface area contributed by atoms with Gasteiger partial charge in [0, 0.05) is 53.8 Å². The van der Waals surface area contributed by atoms with Gasteiger partial charge in [-0.05, 0) is 131 Å². The van der Waals surface area contributed by atoms with E-state index in [9.17, 15) is 33.8 Å². The molecule has 3 aromatic rings. The molecule has 6 aliphatic rings. The molecular formula is C49H55ClFNO9. The summed E-state index contributed by atoms with van der Waals surface area (Å²) in [7, 11) is 0. The van der Waals surface area contributed by atoms with E-state index < -0.39 is 56.6 Å². The van der Waals surface area contributed by atoms with Crippen molar-refractivity contribution in [2.75, 3.05) is 19.6 Å². The smallest absolute Gasteiger partial charge is 0.302 e. The molecule has 0 amide bonds. The summed E-state index contributed by atoms with van der Waals surface area (Å²) in [6, 6.07) is 15.0. The molecule has 324 valence electrons. The second-order valence-corrected chi connectivity index (χ2v) is 19.6. The summed E-state index contributed by atoms with van der Waals surface area (Å²) in [5.74, 6) is -2.12. The highest BCUT2D eigenvalue weighted by atomic mass is 35.5. The maximum atomic E-state index is 14.3. The first-order valence-electron chi connectivity index (χ1n) is 21.3. The number of carbonyl (C=O) groups excluding carboxylic acids is 4. The number of aliphatic hydroxyl groups excluding tert-OH is 1. The molecule has 4 fully saturated rings. The molecule has 9 rings (SSSR count). The molecule has 1 aromatic heterocycles. The highest BCUT2D eigenvalue weighted by molar-refractivity contribution is 6.30. The van der Waals surface area contributed by atoms with Gasteiger partial charge < -0.3 is 29.0 Å². The number of halogens is 2. The molecule has 0 bridgehead atoms. The Balaban J connectivity index is 0.000000177. The molecule has 2 N–H and O–H groups in total. The number of epoxide rings is 1. The van der Waals surface area contributed by atoms with Crippen LogP contribution in [0.3, 0.4) is 0 Å². The first-order chi connectivity index (χ1) is 28.7. The second-order valence-electron chi connectivity index (χ2n) is 19.2. The van der Waals surface area contributed by atoms with E-state index in [-0.39, 0.29) is 35.2 Å². The van der Waals surface area contributed by atoms with E-state index in [1.165, 1.54) is 31.2 Å². The summed E-state index contributed by atoms with van der Waals surface area (Å²) < 4.78 is 30.8. The van der Waals surface area contributed by atoms with Gasteiger partial charge in [-0.25, -0.2) is 4.39 Å². The van der Waals surface area contributed by atoms with Crippen LogP contribution in [-0.4, -0.2) is 75.9 Å². The summed E-state index contributed by atoms with van der Waals surface area (Å²) in [5.41, 5.74) is -2.39. The number of carbonyl (C=O) groups is 4. The molecule has 8 atom stereocenters. The number of piperidine rings is 1. The highest BCUT2D eigenvalue weighted by Crippen LogP contribution is 2.81. The first kappa shape index (κ1) is 43.2. The number of ketones is 3. The molecule has 2 aliphatic heterocycles. The molecule has 2 aromatic carbocycles. The average molecular weight is 856 g/mol. The summed E-state index contributed by atoms with van der Waals surface area (Å²) in [5, 5.41) is 23.1. The Hall–Kier alpha value is -4.42. The zero-order chi connectivity index (χ0) is 43.9. The molecule has 0 radical (unpaired) electrons. The predicted molar refractivity (Wildman–Crippen MR) is 225 cm³/mol. The van der Waals surface area contributed by atoms with Crippen LogP contribution in [0.15, 0.2) is 95.0 Å². The molecule has 61 heavy (non-hydrogen) atoms. The number of hydrogen-bond donors (Lipinski definition) is 2. The number of esters is 1. The van der Waals surface area contributed by atoms with Crippen LogP contribution in [0.4, 0.5) is 4.39 Å². The number of rotatable bonds is 8. The van der Waals surface area contributed by atoms with Crippen LogP contribution in [0.1, 0.15) is 107 Å². The van der Waals surface area contributed by atoms with Gasteiger partial charge in [0.25, 0.3) is 0 Å². The number of fused-ring (bicyclic) bond motifs is 3. The van der Waals surface area contributed by atoms with Gasteiger partial charge in [0.15, 0.2) is 17.3 Å². The fraction of sp³-hybridized carbons (Fsp3) is 0.510. The van der Waals surface area contributed by atoms with Gasteiger partial charge in [-0.15, -0.1) is 0 Å². The van der Waals surface area contributed by atoms with Crippen molar-refractivity contribution in [3.8, 4) is 0 Å². The van der Waals surface area contributed by atoms with Crippen LogP contribution in [0.25, 0.3) is 0 Å². The van der Waals surface area contributed by atoms with E-state index >= 15 is 0 Å². The lowest BCUT2D eigenvalue weighted by atomic mass is 9.38. The largest absolute Gasteiger partial charge is 0.504 e. The number of allylic oxidation sites excluding steroid dienone is 4. The number of benzene rings is 2. The molecule has 12 heteroatoms. The Labute approximate surface area is 361 Å². The summed E-state index contributed by atoms with van der Waals surface area (Å²) in [6.45, 7) is 13.2. The van der Waals surface area contributed by atoms with Gasteiger partial charge in [0.1, 0.15) is 17.5 Å². The zero-order valence-corrected chi connectivity index (χ0v) is 36.4. The van der Waals surface area contributed by atoms with E-state index in [1.807, 2.05) is 44.2 Å². The van der Waals surface area contributed by atoms with E-state index in [4.69, 9.17) is 25.5 Å². The molecule has 1 spiro atoms. The van der Waals surface area contributed by atoms with Crippen LogP contribution in [0.2, 0.25) is 5.02 Å². The molecule has 8 unspecified atom stereocenters. The van der Waals surface area contributed by atoms with Crippen LogP contribution in [-0.2, 0) is 29.5 Å². The number of ether oxygens (including phenoxy) is 2. The molecule has 4 aliphatic carbocycles. The fourth-order valence-corrected chi connectivity index (χ4v) is 12.8. The number of likely N-dealkylation sites (tertiary alicyclic amines) is 1. The number of hydrogen-bond acceptors (Lipinski definition) is 10. The van der Waals surface area contributed by atoms with Gasteiger partial charge in [0.2, 0.25) is 5.78 Å². The molecule has 2 saturated heterocycles. The molecule has 2 saturated carbocycles. The number of nitrogens with zero attached hydrogens (tertiary/aromatic N) is 1. The Bertz CT molecular complexity index is 2300. The third-order valence-corrected chi connectivity index (χ3v) is 15.7. The Morgan fingerprint density at radius 3 is 2.28 bits per heavy atom. The van der Waals surface area contributed by atoms with Crippen molar-refractivity contribution in [3.63, 3.8) is 0 Å². The van der Waals surface area contributed by atoms with Crippen molar-refractivity contribution in [2.45, 2.75) is 109 Å².